The highest BCUT2D eigenvalue weighted by atomic mass is 16.2. The number of benzene rings is 1. The molecule has 3 N–H and O–H groups in total. The van der Waals surface area contributed by atoms with E-state index in [9.17, 15) is 9.59 Å². The van der Waals surface area contributed by atoms with E-state index in [1.807, 2.05) is 24.3 Å². The van der Waals surface area contributed by atoms with E-state index < -0.39 is 11.5 Å². The van der Waals surface area contributed by atoms with Crippen LogP contribution in [0.1, 0.15) is 59.3 Å². The van der Waals surface area contributed by atoms with Crippen LogP contribution < -0.4 is 10.9 Å². The summed E-state index contributed by atoms with van der Waals surface area (Å²) in [6.07, 6.45) is 3.73. The van der Waals surface area contributed by atoms with E-state index in [0.717, 1.165) is 42.5 Å². The van der Waals surface area contributed by atoms with Gasteiger partial charge >= 0.3 is 0 Å². The van der Waals surface area contributed by atoms with E-state index in [4.69, 9.17) is 4.98 Å². The summed E-state index contributed by atoms with van der Waals surface area (Å²) >= 11 is 0. The third-order valence-electron chi connectivity index (χ3n) is 5.36. The Morgan fingerprint density at radius 2 is 1.96 bits per heavy atom. The van der Waals surface area contributed by atoms with Crippen LogP contribution in [0.4, 0.5) is 0 Å². The van der Waals surface area contributed by atoms with Crippen LogP contribution in [-0.4, -0.2) is 31.9 Å². The summed E-state index contributed by atoms with van der Waals surface area (Å²) in [7, 11) is 0. The van der Waals surface area contributed by atoms with Crippen molar-refractivity contribution in [2.75, 3.05) is 0 Å². The molecule has 0 spiro atoms. The van der Waals surface area contributed by atoms with Gasteiger partial charge in [0.15, 0.2) is 5.69 Å². The van der Waals surface area contributed by atoms with Gasteiger partial charge in [0, 0.05) is 17.7 Å². The van der Waals surface area contributed by atoms with Gasteiger partial charge in [-0.2, -0.15) is 0 Å². The molecule has 0 radical (unpaired) electrons. The largest absolute Gasteiger partial charge is 0.348 e. The fourth-order valence-electron chi connectivity index (χ4n) is 3.77. The smallest absolute Gasteiger partial charge is 0.279 e. The van der Waals surface area contributed by atoms with Crippen LogP contribution in [0.15, 0.2) is 29.1 Å². The maximum absolute atomic E-state index is 12.6. The van der Waals surface area contributed by atoms with Gasteiger partial charge < -0.3 is 15.3 Å². The number of hydrogen-bond donors (Lipinski definition) is 3. The topological polar surface area (TPSA) is 104 Å². The highest BCUT2D eigenvalue weighted by Crippen LogP contribution is 2.32. The van der Waals surface area contributed by atoms with Crippen LogP contribution >= 0.6 is 0 Å². The van der Waals surface area contributed by atoms with E-state index in [1.54, 1.807) is 13.8 Å². The first-order valence-electron chi connectivity index (χ1n) is 9.34. The number of fused-ring (bicyclic) bond motifs is 1. The number of amides is 1. The number of carbonyl (C=O) groups excluding carboxylic acids is 1. The molecule has 0 bridgehead atoms. The van der Waals surface area contributed by atoms with Crippen molar-refractivity contribution in [3.8, 4) is 0 Å². The molecule has 27 heavy (non-hydrogen) atoms. The second-order valence-corrected chi connectivity index (χ2v) is 7.30. The second-order valence-electron chi connectivity index (χ2n) is 7.30. The van der Waals surface area contributed by atoms with Crippen molar-refractivity contribution in [3.05, 3.63) is 57.5 Å². The average molecular weight is 365 g/mol. The monoisotopic (exact) mass is 365 g/mol. The predicted octanol–water partition coefficient (Wildman–Crippen LogP) is 2.72. The number of imidazole rings is 1. The van der Waals surface area contributed by atoms with E-state index in [2.05, 4.69) is 20.3 Å². The molecule has 1 aliphatic rings. The molecule has 2 aromatic heterocycles. The minimum absolute atomic E-state index is 0.00673. The van der Waals surface area contributed by atoms with Crippen LogP contribution in [0.25, 0.3) is 11.0 Å². The zero-order valence-corrected chi connectivity index (χ0v) is 15.5. The van der Waals surface area contributed by atoms with Crippen LogP contribution in [0, 0.1) is 13.8 Å². The SMILES string of the molecule is Cc1nc(C(=O)NC2CCCC(c3nc4ccccc4[nH]3)C2)c(=O)[nH]c1C. The van der Waals surface area contributed by atoms with Crippen molar-refractivity contribution in [2.24, 2.45) is 0 Å². The van der Waals surface area contributed by atoms with Gasteiger partial charge in [0.2, 0.25) is 0 Å². The highest BCUT2D eigenvalue weighted by molar-refractivity contribution is 5.92. The fourth-order valence-corrected chi connectivity index (χ4v) is 3.77. The van der Waals surface area contributed by atoms with Gasteiger partial charge in [0.25, 0.3) is 11.5 Å². The number of H-pyrrole nitrogens is 2. The Bertz CT molecular complexity index is 1020. The molecule has 1 amide bonds. The van der Waals surface area contributed by atoms with Crippen molar-refractivity contribution >= 4 is 16.9 Å². The lowest BCUT2D eigenvalue weighted by molar-refractivity contribution is 0.0917. The summed E-state index contributed by atoms with van der Waals surface area (Å²) in [6.45, 7) is 3.55. The quantitative estimate of drug-likeness (QED) is 0.664. The van der Waals surface area contributed by atoms with Crippen LogP contribution in [-0.2, 0) is 0 Å². The first-order chi connectivity index (χ1) is 13.0. The lowest BCUT2D eigenvalue weighted by atomic mass is 9.85. The number of aromatic nitrogens is 4. The molecule has 3 aromatic rings. The Labute approximate surface area is 156 Å². The van der Waals surface area contributed by atoms with E-state index >= 15 is 0 Å². The lowest BCUT2D eigenvalue weighted by Gasteiger charge is -2.28. The zero-order chi connectivity index (χ0) is 19.0. The minimum atomic E-state index is -0.444. The molecule has 0 aliphatic heterocycles. The maximum Gasteiger partial charge on any atom is 0.279 e. The average Bonchev–Trinajstić information content (AvgIpc) is 3.09. The molecule has 140 valence electrons. The molecule has 7 nitrogen and oxygen atoms in total. The van der Waals surface area contributed by atoms with Crippen molar-refractivity contribution in [3.63, 3.8) is 0 Å². The molecule has 2 heterocycles. The lowest BCUT2D eigenvalue weighted by Crippen LogP contribution is -2.41. The number of aromatic amines is 2. The van der Waals surface area contributed by atoms with Gasteiger partial charge in [-0.1, -0.05) is 18.6 Å². The summed E-state index contributed by atoms with van der Waals surface area (Å²) < 4.78 is 0. The van der Waals surface area contributed by atoms with E-state index in [0.29, 0.717) is 11.4 Å². The normalized spacial score (nSPS) is 19.9. The van der Waals surface area contributed by atoms with Crippen molar-refractivity contribution in [1.82, 2.24) is 25.3 Å². The van der Waals surface area contributed by atoms with Gasteiger partial charge in [-0.15, -0.1) is 0 Å². The number of para-hydroxylation sites is 2. The molecule has 2 unspecified atom stereocenters. The van der Waals surface area contributed by atoms with Gasteiger partial charge in [-0.3, -0.25) is 9.59 Å². The van der Waals surface area contributed by atoms with Crippen molar-refractivity contribution < 1.29 is 4.79 Å². The minimum Gasteiger partial charge on any atom is -0.348 e. The first kappa shape index (κ1) is 17.5. The molecule has 4 rings (SSSR count). The highest BCUT2D eigenvalue weighted by Gasteiger charge is 2.27. The predicted molar refractivity (Wildman–Crippen MR) is 103 cm³/mol. The van der Waals surface area contributed by atoms with Crippen LogP contribution in [0.5, 0.6) is 0 Å². The number of nitrogens with zero attached hydrogens (tertiary/aromatic N) is 2. The van der Waals surface area contributed by atoms with E-state index in [-0.39, 0.29) is 17.7 Å². The van der Waals surface area contributed by atoms with Crippen LogP contribution in [0.3, 0.4) is 0 Å². The zero-order valence-electron chi connectivity index (χ0n) is 15.5. The number of nitrogens with one attached hydrogen (secondary N) is 3. The Hall–Kier alpha value is -2.96. The summed E-state index contributed by atoms with van der Waals surface area (Å²) in [4.78, 5) is 39.6. The summed E-state index contributed by atoms with van der Waals surface area (Å²) in [5, 5.41) is 2.99. The Balaban J connectivity index is 1.49. The third-order valence-corrected chi connectivity index (χ3v) is 5.36. The fraction of sp³-hybridized carbons (Fsp3) is 0.400. The molecule has 1 fully saturated rings. The van der Waals surface area contributed by atoms with Gasteiger partial charge in [-0.25, -0.2) is 9.97 Å². The Morgan fingerprint density at radius 1 is 1.15 bits per heavy atom. The molecule has 1 aromatic carbocycles. The molecular weight excluding hydrogens is 342 g/mol. The van der Waals surface area contributed by atoms with Gasteiger partial charge in [0.1, 0.15) is 5.82 Å². The molecule has 7 heteroatoms. The van der Waals surface area contributed by atoms with Crippen LogP contribution in [0.2, 0.25) is 0 Å². The molecular formula is C20H23N5O2. The van der Waals surface area contributed by atoms with Crippen molar-refractivity contribution in [1.29, 1.82) is 0 Å². The third kappa shape index (κ3) is 3.49. The number of rotatable bonds is 3. The molecule has 1 aliphatic carbocycles. The Kier molecular flexibility index (Phi) is 4.51. The van der Waals surface area contributed by atoms with Crippen molar-refractivity contribution in [2.45, 2.75) is 51.5 Å². The summed E-state index contributed by atoms with van der Waals surface area (Å²) in [5.74, 6) is 0.828. The summed E-state index contributed by atoms with van der Waals surface area (Å²) in [5.41, 5.74) is 2.82. The number of aryl methyl sites for hydroxylation is 2. The number of carbonyl (C=O) groups is 1. The molecule has 0 saturated heterocycles. The standard InChI is InChI=1S/C20H23N5O2/c1-11-12(2)22-19(26)17(21-11)20(27)23-14-7-5-6-13(10-14)18-24-15-8-3-4-9-16(15)25-18/h3-4,8-9,13-14H,5-7,10H2,1-2H3,(H,22,26)(H,23,27)(H,24,25). The Morgan fingerprint density at radius 3 is 2.78 bits per heavy atom. The molecule has 2 atom stereocenters. The molecule has 1 saturated carbocycles. The van der Waals surface area contributed by atoms with Gasteiger partial charge in [-0.05, 0) is 45.2 Å². The number of hydrogen-bond acceptors (Lipinski definition) is 4. The summed E-state index contributed by atoms with van der Waals surface area (Å²) in [6, 6.07) is 7.99. The van der Waals surface area contributed by atoms with Gasteiger partial charge in [0.05, 0.1) is 16.7 Å². The second kappa shape index (κ2) is 6.98. The maximum atomic E-state index is 12.6. The first-order valence-corrected chi connectivity index (χ1v) is 9.34. The van der Waals surface area contributed by atoms with E-state index in [1.165, 1.54) is 0 Å².